The van der Waals surface area contributed by atoms with Gasteiger partial charge in [-0.05, 0) is 25.1 Å². The van der Waals surface area contributed by atoms with Crippen molar-refractivity contribution in [2.75, 3.05) is 26.7 Å². The number of H-pyrrole nitrogens is 1. The first-order valence-corrected chi connectivity index (χ1v) is 9.31. The Kier molecular flexibility index (Phi) is 5.08. The lowest BCUT2D eigenvalue weighted by Crippen LogP contribution is -2.48. The maximum absolute atomic E-state index is 13.4. The van der Waals surface area contributed by atoms with Crippen LogP contribution < -0.4 is 10.1 Å². The van der Waals surface area contributed by atoms with Gasteiger partial charge in [0, 0.05) is 36.3 Å². The van der Waals surface area contributed by atoms with E-state index in [0.29, 0.717) is 24.5 Å². The Balaban J connectivity index is 1.66. The second kappa shape index (κ2) is 7.82. The van der Waals surface area contributed by atoms with Gasteiger partial charge in [0.15, 0.2) is 5.82 Å². The van der Waals surface area contributed by atoms with Crippen LogP contribution in [-0.4, -0.2) is 52.7 Å². The fourth-order valence-corrected chi connectivity index (χ4v) is 3.60. The smallest absolute Gasteiger partial charge is 0.254 e. The quantitative estimate of drug-likeness (QED) is 0.730. The maximum atomic E-state index is 13.4. The van der Waals surface area contributed by atoms with Gasteiger partial charge in [0.1, 0.15) is 11.6 Å². The lowest BCUT2D eigenvalue weighted by Gasteiger charge is -2.37. The van der Waals surface area contributed by atoms with Crippen molar-refractivity contribution in [3.05, 3.63) is 65.5 Å². The van der Waals surface area contributed by atoms with Crippen molar-refractivity contribution in [1.29, 1.82) is 0 Å². The minimum atomic E-state index is -0.0909. The molecule has 0 bridgehead atoms. The topological polar surface area (TPSA) is 83.1 Å². The van der Waals surface area contributed by atoms with E-state index in [4.69, 9.17) is 4.74 Å². The first-order valence-electron chi connectivity index (χ1n) is 9.31. The zero-order valence-electron chi connectivity index (χ0n) is 16.0. The van der Waals surface area contributed by atoms with Crippen molar-refractivity contribution in [3.8, 4) is 17.1 Å². The minimum Gasteiger partial charge on any atom is -0.496 e. The summed E-state index contributed by atoms with van der Waals surface area (Å²) in [6.07, 6.45) is 0. The number of aryl methyl sites for hydroxylation is 1. The van der Waals surface area contributed by atoms with Crippen LogP contribution in [0.25, 0.3) is 11.4 Å². The Labute approximate surface area is 163 Å². The lowest BCUT2D eigenvalue weighted by molar-refractivity contribution is 0.0631. The van der Waals surface area contributed by atoms with Gasteiger partial charge >= 0.3 is 0 Å². The third kappa shape index (κ3) is 3.48. The Morgan fingerprint density at radius 1 is 1.21 bits per heavy atom. The van der Waals surface area contributed by atoms with Crippen LogP contribution in [0.1, 0.15) is 27.8 Å². The number of benzene rings is 2. The lowest BCUT2D eigenvalue weighted by atomic mass is 10.0. The van der Waals surface area contributed by atoms with Crippen LogP contribution in [0.15, 0.2) is 48.5 Å². The van der Waals surface area contributed by atoms with Gasteiger partial charge in [-0.1, -0.05) is 30.3 Å². The van der Waals surface area contributed by atoms with Crippen LogP contribution in [0.3, 0.4) is 0 Å². The van der Waals surface area contributed by atoms with Crippen LogP contribution in [0.4, 0.5) is 0 Å². The average molecular weight is 377 g/mol. The van der Waals surface area contributed by atoms with E-state index in [1.54, 1.807) is 7.11 Å². The van der Waals surface area contributed by atoms with Gasteiger partial charge in [0.25, 0.3) is 5.91 Å². The molecule has 1 fully saturated rings. The molecule has 1 atom stereocenters. The fourth-order valence-electron chi connectivity index (χ4n) is 3.60. The normalized spacial score (nSPS) is 16.8. The predicted molar refractivity (Wildman–Crippen MR) is 106 cm³/mol. The molecule has 144 valence electrons. The van der Waals surface area contributed by atoms with Crippen LogP contribution in [0.2, 0.25) is 0 Å². The Morgan fingerprint density at radius 3 is 2.86 bits per heavy atom. The largest absolute Gasteiger partial charge is 0.496 e. The third-order valence-corrected chi connectivity index (χ3v) is 4.97. The molecule has 0 aliphatic carbocycles. The van der Waals surface area contributed by atoms with Crippen molar-refractivity contribution in [3.63, 3.8) is 0 Å². The average Bonchev–Trinajstić information content (AvgIpc) is 3.19. The summed E-state index contributed by atoms with van der Waals surface area (Å²) < 4.78 is 5.53. The number of nitrogens with zero attached hydrogens (tertiary/aromatic N) is 3. The summed E-state index contributed by atoms with van der Waals surface area (Å²) in [5.41, 5.74) is 2.45. The van der Waals surface area contributed by atoms with Crippen molar-refractivity contribution >= 4 is 5.91 Å². The number of methoxy groups -OCH3 is 1. The second-order valence-electron chi connectivity index (χ2n) is 6.79. The Hall–Kier alpha value is -3.19. The molecule has 1 aliphatic rings. The maximum Gasteiger partial charge on any atom is 0.254 e. The van der Waals surface area contributed by atoms with Crippen LogP contribution in [0, 0.1) is 6.92 Å². The molecule has 3 aromatic rings. The molecular weight excluding hydrogens is 354 g/mol. The van der Waals surface area contributed by atoms with Crippen molar-refractivity contribution < 1.29 is 9.53 Å². The highest BCUT2D eigenvalue weighted by Gasteiger charge is 2.30. The standard InChI is InChI=1S/C21H23N5O2/c1-14-23-20(25-24-14)15-6-5-7-16(12-15)21(27)26-11-10-22-13-18(26)17-8-3-4-9-19(17)28-2/h3-9,12,18,22H,10-11,13H2,1-2H3,(H,23,24,25). The van der Waals surface area contributed by atoms with Gasteiger partial charge in [0.2, 0.25) is 0 Å². The molecular formula is C21H23N5O2. The predicted octanol–water partition coefficient (Wildman–Crippen LogP) is 2.58. The van der Waals surface area contributed by atoms with E-state index < -0.39 is 0 Å². The zero-order chi connectivity index (χ0) is 19.5. The molecule has 28 heavy (non-hydrogen) atoms. The van der Waals surface area contributed by atoms with Crippen molar-refractivity contribution in [2.24, 2.45) is 0 Å². The zero-order valence-corrected chi connectivity index (χ0v) is 16.0. The van der Waals surface area contributed by atoms with E-state index in [2.05, 4.69) is 20.5 Å². The highest BCUT2D eigenvalue weighted by atomic mass is 16.5. The SMILES string of the molecule is COc1ccccc1C1CNCCN1C(=O)c1cccc(-c2n[nH]c(C)n2)c1. The number of aromatic amines is 1. The Morgan fingerprint density at radius 2 is 2.07 bits per heavy atom. The number of amides is 1. The van der Waals surface area contributed by atoms with E-state index in [-0.39, 0.29) is 11.9 Å². The second-order valence-corrected chi connectivity index (χ2v) is 6.79. The molecule has 1 saturated heterocycles. The highest BCUT2D eigenvalue weighted by Crippen LogP contribution is 2.31. The van der Waals surface area contributed by atoms with E-state index in [9.17, 15) is 4.79 Å². The molecule has 2 heterocycles. The molecule has 4 rings (SSSR count). The van der Waals surface area contributed by atoms with Gasteiger partial charge in [-0.3, -0.25) is 9.89 Å². The van der Waals surface area contributed by atoms with Crippen molar-refractivity contribution in [1.82, 2.24) is 25.4 Å². The third-order valence-electron chi connectivity index (χ3n) is 4.97. The molecule has 1 amide bonds. The summed E-state index contributed by atoms with van der Waals surface area (Å²) in [4.78, 5) is 19.7. The molecule has 2 N–H and O–H groups in total. The number of rotatable bonds is 4. The number of aromatic nitrogens is 3. The molecule has 0 spiro atoms. The number of nitrogens with one attached hydrogen (secondary N) is 2. The van der Waals surface area contributed by atoms with Crippen LogP contribution in [0.5, 0.6) is 5.75 Å². The van der Waals surface area contributed by atoms with Gasteiger partial charge in [-0.2, -0.15) is 5.10 Å². The number of hydrogen-bond acceptors (Lipinski definition) is 5. The number of piperazine rings is 1. The van der Waals surface area contributed by atoms with E-state index >= 15 is 0 Å². The number of hydrogen-bond donors (Lipinski definition) is 2. The molecule has 2 aromatic carbocycles. The highest BCUT2D eigenvalue weighted by molar-refractivity contribution is 5.95. The molecule has 0 radical (unpaired) electrons. The van der Waals surface area contributed by atoms with Gasteiger partial charge in [-0.25, -0.2) is 4.98 Å². The van der Waals surface area contributed by atoms with Gasteiger partial charge < -0.3 is 15.0 Å². The van der Waals surface area contributed by atoms with Gasteiger partial charge in [-0.15, -0.1) is 0 Å². The summed E-state index contributed by atoms with van der Waals surface area (Å²) >= 11 is 0. The minimum absolute atomic E-state index is 0.00786. The molecule has 1 unspecified atom stereocenters. The number of ether oxygens (including phenoxy) is 1. The fraction of sp³-hybridized carbons (Fsp3) is 0.286. The number of para-hydroxylation sites is 1. The molecule has 7 heteroatoms. The summed E-state index contributed by atoms with van der Waals surface area (Å²) in [7, 11) is 1.66. The number of carbonyl (C=O) groups is 1. The molecule has 1 aliphatic heterocycles. The first kappa shape index (κ1) is 18.2. The first-order chi connectivity index (χ1) is 13.7. The summed E-state index contributed by atoms with van der Waals surface area (Å²) in [6.45, 7) is 3.93. The Bertz CT molecular complexity index is 984. The van der Waals surface area contributed by atoms with E-state index in [0.717, 1.165) is 29.2 Å². The molecule has 1 aromatic heterocycles. The summed E-state index contributed by atoms with van der Waals surface area (Å²) in [5.74, 6) is 2.12. The molecule has 0 saturated carbocycles. The van der Waals surface area contributed by atoms with E-state index in [1.165, 1.54) is 0 Å². The monoisotopic (exact) mass is 377 g/mol. The molecule has 7 nitrogen and oxygen atoms in total. The summed E-state index contributed by atoms with van der Waals surface area (Å²) in [5, 5.41) is 10.4. The van der Waals surface area contributed by atoms with E-state index in [1.807, 2.05) is 60.4 Å². The van der Waals surface area contributed by atoms with Crippen LogP contribution in [-0.2, 0) is 0 Å². The van der Waals surface area contributed by atoms with Gasteiger partial charge in [0.05, 0.1) is 13.2 Å². The summed E-state index contributed by atoms with van der Waals surface area (Å²) in [6, 6.07) is 15.2. The number of carbonyl (C=O) groups excluding carboxylic acids is 1. The van der Waals surface area contributed by atoms with Crippen LogP contribution >= 0.6 is 0 Å². The van der Waals surface area contributed by atoms with Crippen molar-refractivity contribution in [2.45, 2.75) is 13.0 Å².